The van der Waals surface area contributed by atoms with Gasteiger partial charge in [0.25, 0.3) is 5.91 Å². The van der Waals surface area contributed by atoms with Gasteiger partial charge < -0.3 is 15.5 Å². The van der Waals surface area contributed by atoms with E-state index in [1.165, 1.54) is 6.07 Å². The van der Waals surface area contributed by atoms with Crippen molar-refractivity contribution in [3.8, 4) is 5.75 Å². The van der Waals surface area contributed by atoms with Gasteiger partial charge in [-0.1, -0.05) is 19.3 Å². The summed E-state index contributed by atoms with van der Waals surface area (Å²) in [5, 5.41) is 21.5. The van der Waals surface area contributed by atoms with Gasteiger partial charge in [0, 0.05) is 12.6 Å². The number of carbonyl (C=O) groups is 2. The number of phenolic OH excluding ortho intramolecular Hbond substituents is 1. The molecule has 0 bridgehead atoms. The molecule has 1 amide bonds. The number of carboxylic acid groups (broad SMARTS) is 1. The molecule has 0 heterocycles. The van der Waals surface area contributed by atoms with Crippen molar-refractivity contribution in [1.29, 1.82) is 0 Å². The summed E-state index contributed by atoms with van der Waals surface area (Å²) in [7, 11) is 0. The molecule has 114 valence electrons. The highest BCUT2D eigenvalue weighted by Crippen LogP contribution is 2.36. The van der Waals surface area contributed by atoms with Crippen LogP contribution in [0.15, 0.2) is 18.2 Å². The molecule has 0 radical (unpaired) electrons. The van der Waals surface area contributed by atoms with Crippen molar-refractivity contribution < 1.29 is 24.2 Å². The van der Waals surface area contributed by atoms with E-state index in [4.69, 9.17) is 0 Å². The van der Waals surface area contributed by atoms with E-state index in [9.17, 15) is 24.2 Å². The van der Waals surface area contributed by atoms with Gasteiger partial charge in [0.2, 0.25) is 0 Å². The highest BCUT2D eigenvalue weighted by atomic mass is 19.1. The fraction of sp³-hybridized carbons (Fsp3) is 0.467. The highest BCUT2D eigenvalue weighted by Gasteiger charge is 2.39. The minimum atomic E-state index is -0.941. The smallest absolute Gasteiger partial charge is 0.311 e. The Morgan fingerprint density at radius 2 is 1.90 bits per heavy atom. The molecule has 0 aromatic heterocycles. The fourth-order valence-electron chi connectivity index (χ4n) is 2.74. The van der Waals surface area contributed by atoms with E-state index in [1.807, 2.05) is 0 Å². The minimum Gasteiger partial charge on any atom is -0.507 e. The van der Waals surface area contributed by atoms with E-state index >= 15 is 0 Å². The van der Waals surface area contributed by atoms with Gasteiger partial charge in [0.1, 0.15) is 11.6 Å². The lowest BCUT2D eigenvalue weighted by Crippen LogP contribution is -2.44. The van der Waals surface area contributed by atoms with Crippen LogP contribution in [0.25, 0.3) is 0 Å². The average Bonchev–Trinajstić information content (AvgIpc) is 2.45. The maximum atomic E-state index is 12.9. The van der Waals surface area contributed by atoms with Gasteiger partial charge in [0.05, 0.1) is 11.0 Å². The number of hydrogen-bond donors (Lipinski definition) is 3. The molecule has 0 unspecified atom stereocenters. The molecule has 5 nitrogen and oxygen atoms in total. The molecular weight excluding hydrogens is 277 g/mol. The van der Waals surface area contributed by atoms with Crippen molar-refractivity contribution in [1.82, 2.24) is 5.32 Å². The second-order valence-electron chi connectivity index (χ2n) is 5.49. The third-order valence-electron chi connectivity index (χ3n) is 4.06. The van der Waals surface area contributed by atoms with Crippen LogP contribution in [-0.2, 0) is 4.79 Å². The number of rotatable bonds is 4. The van der Waals surface area contributed by atoms with E-state index < -0.39 is 28.9 Å². The number of benzene rings is 1. The van der Waals surface area contributed by atoms with Crippen LogP contribution in [0.3, 0.4) is 0 Å². The Labute approximate surface area is 121 Å². The van der Waals surface area contributed by atoms with Crippen molar-refractivity contribution in [3.05, 3.63) is 29.6 Å². The quantitative estimate of drug-likeness (QED) is 0.795. The molecule has 1 aliphatic carbocycles. The summed E-state index contributed by atoms with van der Waals surface area (Å²) in [5.74, 6) is -2.61. The van der Waals surface area contributed by atoms with Gasteiger partial charge >= 0.3 is 5.97 Å². The first-order chi connectivity index (χ1) is 9.94. The summed E-state index contributed by atoms with van der Waals surface area (Å²) in [6.07, 6.45) is 3.70. The minimum absolute atomic E-state index is 0.0119. The molecule has 2 rings (SSSR count). The van der Waals surface area contributed by atoms with E-state index in [-0.39, 0.29) is 12.1 Å². The van der Waals surface area contributed by atoms with Crippen LogP contribution >= 0.6 is 0 Å². The number of amides is 1. The largest absolute Gasteiger partial charge is 0.507 e. The second-order valence-corrected chi connectivity index (χ2v) is 5.49. The van der Waals surface area contributed by atoms with Gasteiger partial charge in [-0.3, -0.25) is 9.59 Å². The number of nitrogens with one attached hydrogen (secondary N) is 1. The van der Waals surface area contributed by atoms with Gasteiger partial charge in [-0.15, -0.1) is 0 Å². The van der Waals surface area contributed by atoms with Crippen LogP contribution in [0, 0.1) is 11.2 Å². The second kappa shape index (κ2) is 6.11. The lowest BCUT2D eigenvalue weighted by atomic mass is 9.74. The molecule has 0 aliphatic heterocycles. The topological polar surface area (TPSA) is 86.6 Å². The van der Waals surface area contributed by atoms with Crippen LogP contribution in [0.5, 0.6) is 5.75 Å². The predicted octanol–water partition coefficient (Wildman–Crippen LogP) is 2.30. The molecule has 21 heavy (non-hydrogen) atoms. The molecule has 0 saturated heterocycles. The van der Waals surface area contributed by atoms with Crippen LogP contribution < -0.4 is 5.32 Å². The zero-order valence-electron chi connectivity index (χ0n) is 11.6. The zero-order valence-corrected chi connectivity index (χ0v) is 11.6. The highest BCUT2D eigenvalue weighted by molar-refractivity contribution is 5.97. The van der Waals surface area contributed by atoms with Crippen LogP contribution in [0.1, 0.15) is 42.5 Å². The van der Waals surface area contributed by atoms with Gasteiger partial charge in [-0.2, -0.15) is 0 Å². The van der Waals surface area contributed by atoms with Crippen molar-refractivity contribution in [2.24, 2.45) is 5.41 Å². The number of halogens is 1. The number of hydrogen-bond acceptors (Lipinski definition) is 3. The fourth-order valence-corrected chi connectivity index (χ4v) is 2.74. The number of carboxylic acids is 1. The zero-order chi connectivity index (χ0) is 15.5. The third kappa shape index (κ3) is 3.32. The standard InChI is InChI=1S/C15H18FNO4/c16-10-4-5-11(12(18)8-10)13(19)17-9-15(14(20)21)6-2-1-3-7-15/h4-5,8,18H,1-3,6-7,9H2,(H,17,19)(H,20,21). The van der Waals surface area contributed by atoms with Crippen LogP contribution in [0.2, 0.25) is 0 Å². The Kier molecular flexibility index (Phi) is 4.45. The molecule has 1 fully saturated rings. The SMILES string of the molecule is O=C(NCC1(C(=O)O)CCCCC1)c1ccc(F)cc1O. The Balaban J connectivity index is 2.07. The van der Waals surface area contributed by atoms with E-state index in [2.05, 4.69) is 5.32 Å². The molecule has 1 aromatic carbocycles. The summed E-state index contributed by atoms with van der Waals surface area (Å²) in [6, 6.07) is 3.10. The summed E-state index contributed by atoms with van der Waals surface area (Å²) in [6.45, 7) is 0.0119. The first kappa shape index (κ1) is 15.3. The van der Waals surface area contributed by atoms with E-state index in [0.717, 1.165) is 31.4 Å². The summed E-state index contributed by atoms with van der Waals surface area (Å²) >= 11 is 0. The summed E-state index contributed by atoms with van der Waals surface area (Å²) in [5.41, 5.74) is -1.00. The Hall–Kier alpha value is -2.11. The normalized spacial score (nSPS) is 17.2. The molecule has 3 N–H and O–H groups in total. The molecule has 6 heteroatoms. The molecule has 0 spiro atoms. The first-order valence-electron chi connectivity index (χ1n) is 6.95. The Morgan fingerprint density at radius 1 is 1.24 bits per heavy atom. The lowest BCUT2D eigenvalue weighted by Gasteiger charge is -2.33. The molecule has 1 aromatic rings. The predicted molar refractivity (Wildman–Crippen MR) is 73.6 cm³/mol. The molecule has 1 aliphatic rings. The van der Waals surface area contributed by atoms with Gasteiger partial charge in [0.15, 0.2) is 0 Å². The average molecular weight is 295 g/mol. The number of phenols is 1. The van der Waals surface area contributed by atoms with Crippen molar-refractivity contribution in [3.63, 3.8) is 0 Å². The molecule has 1 saturated carbocycles. The first-order valence-corrected chi connectivity index (χ1v) is 6.95. The van der Waals surface area contributed by atoms with Gasteiger partial charge in [-0.05, 0) is 25.0 Å². The van der Waals surface area contributed by atoms with Crippen molar-refractivity contribution >= 4 is 11.9 Å². The Bertz CT molecular complexity index is 553. The van der Waals surface area contributed by atoms with Crippen LogP contribution in [0.4, 0.5) is 4.39 Å². The van der Waals surface area contributed by atoms with Crippen LogP contribution in [-0.4, -0.2) is 28.6 Å². The molecule has 0 atom stereocenters. The number of carbonyl (C=O) groups excluding carboxylic acids is 1. The summed E-state index contributed by atoms with van der Waals surface area (Å²) in [4.78, 5) is 23.5. The Morgan fingerprint density at radius 3 is 2.48 bits per heavy atom. The van der Waals surface area contributed by atoms with E-state index in [1.54, 1.807) is 0 Å². The monoisotopic (exact) mass is 295 g/mol. The maximum Gasteiger partial charge on any atom is 0.311 e. The van der Waals surface area contributed by atoms with Gasteiger partial charge in [-0.25, -0.2) is 4.39 Å². The van der Waals surface area contributed by atoms with Crippen molar-refractivity contribution in [2.45, 2.75) is 32.1 Å². The van der Waals surface area contributed by atoms with E-state index in [0.29, 0.717) is 12.8 Å². The summed E-state index contributed by atoms with van der Waals surface area (Å²) < 4.78 is 12.9. The number of aromatic hydroxyl groups is 1. The maximum absolute atomic E-state index is 12.9. The third-order valence-corrected chi connectivity index (χ3v) is 4.06. The lowest BCUT2D eigenvalue weighted by molar-refractivity contribution is -0.150. The van der Waals surface area contributed by atoms with Crippen molar-refractivity contribution in [2.75, 3.05) is 6.54 Å². The molecular formula is C15H18FNO4. The number of aliphatic carboxylic acids is 1.